The van der Waals surface area contributed by atoms with E-state index in [0.29, 0.717) is 11.8 Å². The van der Waals surface area contributed by atoms with Gasteiger partial charge >= 0.3 is 0 Å². The Bertz CT molecular complexity index is 563. The molecule has 1 heteroatoms. The number of allylic oxidation sites excluding steroid dienone is 1. The van der Waals surface area contributed by atoms with Crippen molar-refractivity contribution in [2.75, 3.05) is 0 Å². The molecule has 0 amide bonds. The van der Waals surface area contributed by atoms with Crippen molar-refractivity contribution in [3.8, 4) is 0 Å². The minimum absolute atomic E-state index is 0.463. The summed E-state index contributed by atoms with van der Waals surface area (Å²) >= 11 is 0. The molecule has 0 saturated heterocycles. The maximum Gasteiger partial charge on any atom is 0.0556 e. The van der Waals surface area contributed by atoms with Crippen molar-refractivity contribution >= 4 is 18.0 Å². The van der Waals surface area contributed by atoms with Crippen LogP contribution in [0, 0.1) is 11.8 Å². The van der Waals surface area contributed by atoms with Crippen LogP contribution in [0.1, 0.15) is 6.92 Å². The number of hydrogen-bond donors (Lipinski definition) is 0. The van der Waals surface area contributed by atoms with Crippen LogP contribution in [-0.4, -0.2) is 6.21 Å². The van der Waals surface area contributed by atoms with E-state index in [1.165, 1.54) is 16.1 Å². The Balaban J connectivity index is 2.40. The highest BCUT2D eigenvalue weighted by atomic mass is 14.8. The lowest BCUT2D eigenvalue weighted by Crippen LogP contribution is -2.35. The van der Waals surface area contributed by atoms with Gasteiger partial charge < -0.3 is 0 Å². The summed E-state index contributed by atoms with van der Waals surface area (Å²) in [6, 6.07) is 8.51. The summed E-state index contributed by atoms with van der Waals surface area (Å²) in [5, 5.41) is 2.62. The zero-order valence-electron chi connectivity index (χ0n) is 8.72. The molecule has 2 aliphatic rings. The van der Waals surface area contributed by atoms with Crippen LogP contribution in [0.2, 0.25) is 0 Å². The molecule has 74 valence electrons. The van der Waals surface area contributed by atoms with E-state index in [-0.39, 0.29) is 0 Å². The van der Waals surface area contributed by atoms with Crippen LogP contribution < -0.4 is 10.4 Å². The maximum absolute atomic E-state index is 4.53. The topological polar surface area (TPSA) is 12.4 Å². The van der Waals surface area contributed by atoms with Gasteiger partial charge in [0.2, 0.25) is 0 Å². The molecule has 0 bridgehead atoms. The van der Waals surface area contributed by atoms with E-state index in [4.69, 9.17) is 0 Å². The molecule has 2 unspecified atom stereocenters. The molecule has 1 aromatic carbocycles. The molecule has 0 spiro atoms. The summed E-state index contributed by atoms with van der Waals surface area (Å²) in [6.07, 6.45) is 8.53. The summed E-state index contributed by atoms with van der Waals surface area (Å²) in [4.78, 5) is 4.53. The van der Waals surface area contributed by atoms with Gasteiger partial charge in [-0.15, -0.1) is 0 Å². The highest BCUT2D eigenvalue weighted by Gasteiger charge is 2.21. The first kappa shape index (κ1) is 8.66. The third kappa shape index (κ3) is 1.27. The second-order valence-corrected chi connectivity index (χ2v) is 4.19. The van der Waals surface area contributed by atoms with Gasteiger partial charge in [0, 0.05) is 17.4 Å². The van der Waals surface area contributed by atoms with Crippen LogP contribution in [-0.2, 0) is 0 Å². The quantitative estimate of drug-likeness (QED) is 0.594. The average molecular weight is 195 g/mol. The summed E-state index contributed by atoms with van der Waals surface area (Å²) in [7, 11) is 0. The first-order chi connectivity index (χ1) is 7.36. The molecule has 0 aromatic heterocycles. The van der Waals surface area contributed by atoms with E-state index in [1.54, 1.807) is 0 Å². The highest BCUT2D eigenvalue weighted by molar-refractivity contribution is 5.80. The van der Waals surface area contributed by atoms with Crippen molar-refractivity contribution in [3.63, 3.8) is 0 Å². The standard InChI is InChI=1S/C14H13N/c1-10-9-11-5-2-3-6-13(11)14-12(10)7-4-8-15-14/h2-10,12H,1H3. The first-order valence-electron chi connectivity index (χ1n) is 5.38. The van der Waals surface area contributed by atoms with E-state index in [2.05, 4.69) is 48.3 Å². The average Bonchev–Trinajstić information content (AvgIpc) is 2.30. The van der Waals surface area contributed by atoms with Gasteiger partial charge in [0.1, 0.15) is 0 Å². The molecule has 1 nitrogen and oxygen atoms in total. The Labute approximate surface area is 89.2 Å². The van der Waals surface area contributed by atoms with Gasteiger partial charge in [0.25, 0.3) is 0 Å². The normalized spacial score (nSPS) is 26.9. The highest BCUT2D eigenvalue weighted by Crippen LogP contribution is 2.27. The van der Waals surface area contributed by atoms with Gasteiger partial charge in [-0.2, -0.15) is 0 Å². The second-order valence-electron chi connectivity index (χ2n) is 4.19. The summed E-state index contributed by atoms with van der Waals surface area (Å²) in [6.45, 7) is 2.26. The van der Waals surface area contributed by atoms with Crippen LogP contribution in [0.4, 0.5) is 0 Å². The Kier molecular flexibility index (Phi) is 1.84. The van der Waals surface area contributed by atoms with Gasteiger partial charge in [0.15, 0.2) is 0 Å². The molecule has 2 atom stereocenters. The predicted molar refractivity (Wildman–Crippen MR) is 63.9 cm³/mol. The number of hydrogen-bond acceptors (Lipinski definition) is 1. The van der Waals surface area contributed by atoms with Crippen LogP contribution in [0.3, 0.4) is 0 Å². The molecule has 1 heterocycles. The predicted octanol–water partition coefficient (Wildman–Crippen LogP) is 1.48. The third-order valence-corrected chi connectivity index (χ3v) is 3.18. The number of aliphatic imine (C=N–C) groups is 1. The Morgan fingerprint density at radius 1 is 1.20 bits per heavy atom. The Morgan fingerprint density at radius 2 is 2.07 bits per heavy atom. The molecule has 0 fully saturated rings. The lowest BCUT2D eigenvalue weighted by molar-refractivity contribution is 0.640. The molecule has 0 radical (unpaired) electrons. The number of benzene rings is 1. The van der Waals surface area contributed by atoms with Crippen molar-refractivity contribution in [1.82, 2.24) is 0 Å². The minimum Gasteiger partial charge on any atom is -0.260 e. The van der Waals surface area contributed by atoms with Gasteiger partial charge in [-0.1, -0.05) is 43.3 Å². The van der Waals surface area contributed by atoms with Gasteiger partial charge in [-0.25, -0.2) is 0 Å². The molecular formula is C14H13N. The van der Waals surface area contributed by atoms with Crippen molar-refractivity contribution in [2.45, 2.75) is 6.92 Å². The van der Waals surface area contributed by atoms with E-state index in [1.807, 2.05) is 12.3 Å². The summed E-state index contributed by atoms with van der Waals surface area (Å²) < 4.78 is 0. The molecule has 15 heavy (non-hydrogen) atoms. The van der Waals surface area contributed by atoms with Crippen LogP contribution in [0.5, 0.6) is 0 Å². The minimum atomic E-state index is 0.463. The smallest absolute Gasteiger partial charge is 0.0556 e. The van der Waals surface area contributed by atoms with Gasteiger partial charge in [-0.3, -0.25) is 4.99 Å². The molecule has 0 saturated carbocycles. The fourth-order valence-electron chi connectivity index (χ4n) is 2.41. The fraction of sp³-hybridized carbons (Fsp3) is 0.214. The molecule has 1 aromatic rings. The Hall–Kier alpha value is -1.63. The summed E-state index contributed by atoms with van der Waals surface area (Å²) in [5.74, 6) is 1.01. The summed E-state index contributed by atoms with van der Waals surface area (Å²) in [5.41, 5.74) is 1.23. The molecule has 3 rings (SSSR count). The lowest BCUT2D eigenvalue weighted by Gasteiger charge is -2.24. The molecule has 1 aliphatic carbocycles. The maximum atomic E-state index is 4.53. The molecule has 0 N–H and O–H groups in total. The van der Waals surface area contributed by atoms with Crippen molar-refractivity contribution in [2.24, 2.45) is 16.8 Å². The molecule has 1 aliphatic heterocycles. The SMILES string of the molecule is CC1C=c2ccccc2=C2N=CC=CC21. The number of fused-ring (bicyclic) bond motifs is 2. The van der Waals surface area contributed by atoms with Gasteiger partial charge in [0.05, 0.1) is 5.70 Å². The Morgan fingerprint density at radius 3 is 3.00 bits per heavy atom. The van der Waals surface area contributed by atoms with Crippen LogP contribution in [0.25, 0.3) is 11.8 Å². The van der Waals surface area contributed by atoms with E-state index in [9.17, 15) is 0 Å². The third-order valence-electron chi connectivity index (χ3n) is 3.18. The molecular weight excluding hydrogens is 182 g/mol. The van der Waals surface area contributed by atoms with E-state index < -0.39 is 0 Å². The number of rotatable bonds is 0. The number of dihydropyridines is 1. The van der Waals surface area contributed by atoms with Crippen molar-refractivity contribution in [3.05, 3.63) is 46.9 Å². The lowest BCUT2D eigenvalue weighted by atomic mass is 9.84. The zero-order chi connectivity index (χ0) is 10.3. The fourth-order valence-corrected chi connectivity index (χ4v) is 2.41. The largest absolute Gasteiger partial charge is 0.260 e. The number of nitrogens with zero attached hydrogens (tertiary/aromatic N) is 1. The van der Waals surface area contributed by atoms with E-state index in [0.717, 1.165) is 0 Å². The van der Waals surface area contributed by atoms with Crippen LogP contribution in [0.15, 0.2) is 41.4 Å². The van der Waals surface area contributed by atoms with Crippen molar-refractivity contribution < 1.29 is 0 Å². The van der Waals surface area contributed by atoms with Crippen LogP contribution >= 0.6 is 0 Å². The first-order valence-corrected chi connectivity index (χ1v) is 5.38. The van der Waals surface area contributed by atoms with Gasteiger partial charge in [-0.05, 0) is 17.2 Å². The zero-order valence-corrected chi connectivity index (χ0v) is 8.72. The second kappa shape index (κ2) is 3.20. The monoisotopic (exact) mass is 195 g/mol. The van der Waals surface area contributed by atoms with Crippen molar-refractivity contribution in [1.29, 1.82) is 0 Å². The van der Waals surface area contributed by atoms with E-state index >= 15 is 0 Å².